The Hall–Kier alpha value is -4.72. The van der Waals surface area contributed by atoms with Gasteiger partial charge in [0.05, 0.1) is 32.6 Å². The van der Waals surface area contributed by atoms with Gasteiger partial charge in [-0.2, -0.15) is 0 Å². The molecule has 3 aliphatic carbocycles. The Bertz CT molecular complexity index is 1620. The second-order valence-corrected chi connectivity index (χ2v) is 11.2. The molecule has 1 saturated heterocycles. The molecule has 8 nitrogen and oxygen atoms in total. The second-order valence-electron chi connectivity index (χ2n) is 11.2. The number of likely N-dealkylation sites (tertiary alicyclic amines) is 1. The molecule has 1 fully saturated rings. The summed E-state index contributed by atoms with van der Waals surface area (Å²) in [5.41, 5.74) is 3.61. The second kappa shape index (κ2) is 10.6. The number of ketones is 2. The van der Waals surface area contributed by atoms with Gasteiger partial charge in [-0.3, -0.25) is 24.1 Å². The van der Waals surface area contributed by atoms with Gasteiger partial charge in [-0.1, -0.05) is 54.1 Å². The highest BCUT2D eigenvalue weighted by Crippen LogP contribution is 2.53. The Balaban J connectivity index is 1.40. The van der Waals surface area contributed by atoms with Gasteiger partial charge in [0, 0.05) is 22.6 Å². The number of allylic oxidation sites excluding steroid dienone is 7. The summed E-state index contributed by atoms with van der Waals surface area (Å²) in [6.07, 6.45) is 7.63. The number of imide groups is 1. The molecule has 0 radical (unpaired) electrons. The number of benzene rings is 2. The van der Waals surface area contributed by atoms with E-state index in [4.69, 9.17) is 9.47 Å². The molecule has 214 valence electrons. The highest BCUT2D eigenvalue weighted by atomic mass is 16.5. The van der Waals surface area contributed by atoms with Gasteiger partial charge < -0.3 is 14.6 Å². The van der Waals surface area contributed by atoms with E-state index in [1.54, 1.807) is 25.1 Å². The number of fused-ring (bicyclic) bond motifs is 3. The third-order valence-electron chi connectivity index (χ3n) is 8.87. The lowest BCUT2D eigenvalue weighted by Gasteiger charge is -2.41. The van der Waals surface area contributed by atoms with Crippen molar-refractivity contribution >= 4 is 29.5 Å². The van der Waals surface area contributed by atoms with Gasteiger partial charge in [0.15, 0.2) is 23.1 Å². The summed E-state index contributed by atoms with van der Waals surface area (Å²) in [5.74, 6) is -2.56. The van der Waals surface area contributed by atoms with Crippen molar-refractivity contribution in [1.82, 2.24) is 4.90 Å². The minimum Gasteiger partial charge on any atom is -0.502 e. The van der Waals surface area contributed by atoms with Gasteiger partial charge in [-0.25, -0.2) is 0 Å². The summed E-state index contributed by atoms with van der Waals surface area (Å²) in [6.45, 7) is 1.84. The zero-order valence-electron chi connectivity index (χ0n) is 23.6. The van der Waals surface area contributed by atoms with Gasteiger partial charge in [0.1, 0.15) is 0 Å². The van der Waals surface area contributed by atoms with Crippen molar-refractivity contribution in [3.05, 3.63) is 94.1 Å². The molecule has 42 heavy (non-hydrogen) atoms. The summed E-state index contributed by atoms with van der Waals surface area (Å²) in [6, 6.07) is 12.7. The summed E-state index contributed by atoms with van der Waals surface area (Å²) < 4.78 is 10.6. The molecule has 0 bridgehead atoms. The number of hydrogen-bond acceptors (Lipinski definition) is 7. The van der Waals surface area contributed by atoms with Crippen LogP contribution in [-0.2, 0) is 25.7 Å². The minimum absolute atomic E-state index is 0.126. The predicted molar refractivity (Wildman–Crippen MR) is 154 cm³/mol. The fraction of sp³-hybridized carbons (Fsp3) is 0.294. The van der Waals surface area contributed by atoms with E-state index in [-0.39, 0.29) is 59.5 Å². The number of aromatic hydroxyl groups is 1. The number of phenolic OH excluding ortho intramolecular Hbond substituents is 1. The number of hydrogen-bond donors (Lipinski definition) is 1. The number of carbonyl (C=O) groups excluding carboxylic acids is 4. The number of nitrogens with zero attached hydrogens (tertiary/aromatic N) is 1. The maximum Gasteiger partial charge on any atom is 0.234 e. The number of methoxy groups -OCH3 is 2. The maximum atomic E-state index is 13.9. The topological polar surface area (TPSA) is 110 Å². The molecule has 1 heterocycles. The fourth-order valence-corrected chi connectivity index (χ4v) is 6.84. The minimum atomic E-state index is -0.602. The zero-order chi connectivity index (χ0) is 29.7. The van der Waals surface area contributed by atoms with E-state index in [9.17, 15) is 24.3 Å². The van der Waals surface area contributed by atoms with Gasteiger partial charge in [0.25, 0.3) is 0 Å². The lowest BCUT2D eigenvalue weighted by molar-refractivity contribution is -0.140. The first-order valence-electron chi connectivity index (χ1n) is 14.0. The number of amides is 2. The maximum absolute atomic E-state index is 13.9. The van der Waals surface area contributed by atoms with Crippen LogP contribution in [0.25, 0.3) is 6.08 Å². The first-order chi connectivity index (χ1) is 20.2. The zero-order valence-corrected chi connectivity index (χ0v) is 23.6. The molecule has 1 N–H and O–H groups in total. The first-order valence-corrected chi connectivity index (χ1v) is 14.0. The van der Waals surface area contributed by atoms with Gasteiger partial charge in [-0.15, -0.1) is 0 Å². The molecule has 2 aromatic rings. The highest BCUT2D eigenvalue weighted by molar-refractivity contribution is 6.23. The molecule has 0 aromatic heterocycles. The van der Waals surface area contributed by atoms with Crippen LogP contribution >= 0.6 is 0 Å². The van der Waals surface area contributed by atoms with Crippen molar-refractivity contribution in [2.45, 2.75) is 26.3 Å². The normalized spacial score (nSPS) is 25.3. The molecule has 0 spiro atoms. The Labute approximate surface area is 243 Å². The number of ether oxygens (including phenoxy) is 2. The molecule has 6 rings (SSSR count). The molecule has 1 aliphatic heterocycles. The molecule has 2 aromatic carbocycles. The Kier molecular flexibility index (Phi) is 6.93. The average Bonchev–Trinajstić information content (AvgIpc) is 3.24. The van der Waals surface area contributed by atoms with E-state index in [1.807, 2.05) is 42.5 Å². The molecule has 4 atom stereocenters. The summed E-state index contributed by atoms with van der Waals surface area (Å²) in [7, 11) is 2.88. The van der Waals surface area contributed by atoms with Crippen LogP contribution in [-0.4, -0.2) is 47.6 Å². The van der Waals surface area contributed by atoms with Gasteiger partial charge >= 0.3 is 0 Å². The quantitative estimate of drug-likeness (QED) is 0.310. The average molecular weight is 566 g/mol. The molecular weight excluding hydrogens is 534 g/mol. The van der Waals surface area contributed by atoms with E-state index in [0.717, 1.165) is 11.1 Å². The molecular formula is C34H31NO7. The molecule has 0 saturated carbocycles. The van der Waals surface area contributed by atoms with Crippen LogP contribution < -0.4 is 9.47 Å². The summed E-state index contributed by atoms with van der Waals surface area (Å²) in [5, 5.41) is 10.3. The summed E-state index contributed by atoms with van der Waals surface area (Å²) in [4.78, 5) is 55.5. The lowest BCUT2D eigenvalue weighted by Crippen LogP contribution is -2.40. The largest absolute Gasteiger partial charge is 0.502 e. The number of rotatable bonds is 6. The van der Waals surface area contributed by atoms with Crippen LogP contribution in [0, 0.1) is 23.7 Å². The molecule has 0 unspecified atom stereocenters. The van der Waals surface area contributed by atoms with E-state index >= 15 is 0 Å². The molecule has 4 aliphatic rings. The Morgan fingerprint density at radius 2 is 1.67 bits per heavy atom. The van der Waals surface area contributed by atoms with Crippen LogP contribution in [0.5, 0.6) is 17.2 Å². The van der Waals surface area contributed by atoms with Crippen molar-refractivity contribution in [2.24, 2.45) is 23.7 Å². The van der Waals surface area contributed by atoms with Crippen LogP contribution in [0.1, 0.15) is 30.9 Å². The van der Waals surface area contributed by atoms with Crippen molar-refractivity contribution in [1.29, 1.82) is 0 Å². The molecule has 2 amide bonds. The standard InChI is InChI=1S/C34H31NO7/c1-18-13-26(36)25-16-24-21(11-12-23-30(24)34(40)35(33(23)39)17-19-7-5-4-6-8-19)22(29(25)31(18)37)10-9-20-14-27(41-2)32(38)28(15-20)42-3/h4-11,13-15,22-24,30,38H,12,16-17H2,1-3H3/t22-,23-,24+,30-/m0/s1. The van der Waals surface area contributed by atoms with E-state index in [1.165, 1.54) is 25.2 Å². The van der Waals surface area contributed by atoms with Crippen LogP contribution in [0.15, 0.2) is 83.0 Å². The summed E-state index contributed by atoms with van der Waals surface area (Å²) >= 11 is 0. The van der Waals surface area contributed by atoms with Crippen LogP contribution in [0.3, 0.4) is 0 Å². The smallest absolute Gasteiger partial charge is 0.234 e. The van der Waals surface area contributed by atoms with E-state index < -0.39 is 17.8 Å². The SMILES string of the molecule is COc1cc(C=C[C@H]2C3=CC[C@@H]4C(=O)N(Cc5ccccc5)C(=O)[C@@H]4[C@@H]3CC3=C2C(=O)C(C)=CC3=O)cc(OC)c1O. The number of phenols is 1. The van der Waals surface area contributed by atoms with Crippen molar-refractivity contribution < 1.29 is 33.8 Å². The lowest BCUT2D eigenvalue weighted by atomic mass is 9.60. The molecule has 8 heteroatoms. The van der Waals surface area contributed by atoms with E-state index in [0.29, 0.717) is 28.7 Å². The van der Waals surface area contributed by atoms with Crippen LogP contribution in [0.4, 0.5) is 0 Å². The Morgan fingerprint density at radius 1 is 0.976 bits per heavy atom. The fourth-order valence-electron chi connectivity index (χ4n) is 6.84. The van der Waals surface area contributed by atoms with Crippen molar-refractivity contribution in [2.75, 3.05) is 14.2 Å². The first kappa shape index (κ1) is 27.4. The van der Waals surface area contributed by atoms with Crippen molar-refractivity contribution in [3.63, 3.8) is 0 Å². The monoisotopic (exact) mass is 565 g/mol. The van der Waals surface area contributed by atoms with Crippen molar-refractivity contribution in [3.8, 4) is 17.2 Å². The Morgan fingerprint density at radius 3 is 2.33 bits per heavy atom. The third kappa shape index (κ3) is 4.38. The predicted octanol–water partition coefficient (Wildman–Crippen LogP) is 4.58. The van der Waals surface area contributed by atoms with Gasteiger partial charge in [0.2, 0.25) is 17.6 Å². The van der Waals surface area contributed by atoms with Gasteiger partial charge in [-0.05, 0) is 55.0 Å². The highest BCUT2D eigenvalue weighted by Gasteiger charge is 2.55. The third-order valence-corrected chi connectivity index (χ3v) is 8.87. The number of Topliss-reactive ketones (excluding diaryl/α,β-unsaturated/α-hetero) is 1. The van der Waals surface area contributed by atoms with E-state index in [2.05, 4.69) is 0 Å². The van der Waals surface area contributed by atoms with Crippen LogP contribution in [0.2, 0.25) is 0 Å². The number of carbonyl (C=O) groups is 4.